The Kier molecular flexibility index (Phi) is 4.52. The van der Waals surface area contributed by atoms with E-state index in [0.717, 1.165) is 5.56 Å². The summed E-state index contributed by atoms with van der Waals surface area (Å²) >= 11 is 1.40. The summed E-state index contributed by atoms with van der Waals surface area (Å²) in [7, 11) is 0. The Hall–Kier alpha value is -2.80. The first kappa shape index (κ1) is 16.1. The van der Waals surface area contributed by atoms with Crippen molar-refractivity contribution in [2.24, 2.45) is 0 Å². The molecule has 3 rings (SSSR count). The normalized spacial score (nSPS) is 12.0. The molecule has 0 radical (unpaired) electrons. The predicted octanol–water partition coefficient (Wildman–Crippen LogP) is 3.53. The Morgan fingerprint density at radius 2 is 2.17 bits per heavy atom. The second-order valence-electron chi connectivity index (χ2n) is 5.22. The number of aliphatic carboxylic acids is 1. The van der Waals surface area contributed by atoms with Crippen molar-refractivity contribution in [1.29, 1.82) is 0 Å². The maximum absolute atomic E-state index is 14.1. The quantitative estimate of drug-likeness (QED) is 0.692. The second-order valence-corrected chi connectivity index (χ2v) is 6.15. The average Bonchev–Trinajstić information content (AvgIpc) is 3.06. The number of benzene rings is 1. The lowest BCUT2D eigenvalue weighted by Crippen LogP contribution is -2.08. The summed E-state index contributed by atoms with van der Waals surface area (Å²) in [4.78, 5) is 19.1. The Labute approximate surface area is 141 Å². The topological polar surface area (TPSA) is 89.1 Å². The third-order valence-electron chi connectivity index (χ3n) is 3.60. The summed E-state index contributed by atoms with van der Waals surface area (Å²) in [6, 6.07) is 10.2. The molecule has 0 fully saturated rings. The molecule has 7 heteroatoms. The molecule has 3 aromatic rings. The van der Waals surface area contributed by atoms with E-state index in [4.69, 9.17) is 5.73 Å². The Morgan fingerprint density at radius 1 is 1.33 bits per heavy atom. The van der Waals surface area contributed by atoms with Gasteiger partial charge in [-0.05, 0) is 23.3 Å². The van der Waals surface area contributed by atoms with E-state index in [9.17, 15) is 14.3 Å². The van der Waals surface area contributed by atoms with Gasteiger partial charge in [-0.2, -0.15) is 4.39 Å². The molecule has 0 amide bonds. The lowest BCUT2D eigenvalue weighted by Gasteiger charge is -2.14. The molecule has 2 aromatic heterocycles. The van der Waals surface area contributed by atoms with E-state index in [1.54, 1.807) is 35.8 Å². The number of hydrogen-bond donors (Lipinski definition) is 2. The molecule has 24 heavy (non-hydrogen) atoms. The number of thiazole rings is 1. The molecule has 0 bridgehead atoms. The standard InChI is InChI=1S/C17H14FN3O2S/c18-16-12(4-5-14(19)21-16)10-2-1-3-11(8-10)13(9-15(22)23)17-20-6-7-24-17/h1-8,13H,9H2,(H2,19,21)(H,22,23). The van der Waals surface area contributed by atoms with Crippen molar-refractivity contribution in [3.8, 4) is 11.1 Å². The Bertz CT molecular complexity index is 868. The highest BCUT2D eigenvalue weighted by atomic mass is 32.1. The lowest BCUT2D eigenvalue weighted by atomic mass is 9.93. The fraction of sp³-hybridized carbons (Fsp3) is 0.118. The van der Waals surface area contributed by atoms with Crippen molar-refractivity contribution in [2.75, 3.05) is 5.73 Å². The van der Waals surface area contributed by atoms with Gasteiger partial charge in [0, 0.05) is 23.1 Å². The Balaban J connectivity index is 2.03. The van der Waals surface area contributed by atoms with Crippen molar-refractivity contribution < 1.29 is 14.3 Å². The largest absolute Gasteiger partial charge is 0.481 e. The van der Waals surface area contributed by atoms with Crippen LogP contribution in [0.25, 0.3) is 11.1 Å². The first-order valence-electron chi connectivity index (χ1n) is 7.18. The fourth-order valence-corrected chi connectivity index (χ4v) is 3.28. The van der Waals surface area contributed by atoms with E-state index in [0.29, 0.717) is 16.1 Å². The highest BCUT2D eigenvalue weighted by molar-refractivity contribution is 7.09. The van der Waals surface area contributed by atoms with Crippen molar-refractivity contribution in [1.82, 2.24) is 9.97 Å². The SMILES string of the molecule is Nc1ccc(-c2cccc(C(CC(=O)O)c3nccs3)c2)c(F)n1. The number of pyridine rings is 1. The second kappa shape index (κ2) is 6.76. The van der Waals surface area contributed by atoms with Crippen molar-refractivity contribution in [3.63, 3.8) is 0 Å². The van der Waals surface area contributed by atoms with Gasteiger partial charge in [-0.3, -0.25) is 4.79 Å². The van der Waals surface area contributed by atoms with Crippen molar-refractivity contribution in [3.05, 3.63) is 64.5 Å². The fourth-order valence-electron chi connectivity index (χ4n) is 2.52. The number of rotatable bonds is 5. The van der Waals surface area contributed by atoms with Crippen LogP contribution in [0.15, 0.2) is 48.0 Å². The highest BCUT2D eigenvalue weighted by Crippen LogP contribution is 2.32. The van der Waals surface area contributed by atoms with E-state index in [1.165, 1.54) is 17.4 Å². The van der Waals surface area contributed by atoms with Crippen LogP contribution in [-0.4, -0.2) is 21.0 Å². The molecule has 0 spiro atoms. The number of nitrogens with two attached hydrogens (primary N) is 1. The van der Waals surface area contributed by atoms with Crippen LogP contribution in [0.3, 0.4) is 0 Å². The van der Waals surface area contributed by atoms with E-state index in [-0.39, 0.29) is 18.2 Å². The van der Waals surface area contributed by atoms with Gasteiger partial charge < -0.3 is 10.8 Å². The van der Waals surface area contributed by atoms with Crippen molar-refractivity contribution >= 4 is 23.1 Å². The van der Waals surface area contributed by atoms with Gasteiger partial charge in [0.2, 0.25) is 5.95 Å². The molecule has 1 unspecified atom stereocenters. The monoisotopic (exact) mass is 343 g/mol. The van der Waals surface area contributed by atoms with Crippen LogP contribution >= 0.6 is 11.3 Å². The van der Waals surface area contributed by atoms with Gasteiger partial charge in [-0.15, -0.1) is 11.3 Å². The first-order chi connectivity index (χ1) is 11.5. The summed E-state index contributed by atoms with van der Waals surface area (Å²) < 4.78 is 14.1. The molecular formula is C17H14FN3O2S. The molecule has 0 aliphatic heterocycles. The summed E-state index contributed by atoms with van der Waals surface area (Å²) in [5.41, 5.74) is 7.18. The van der Waals surface area contributed by atoms with Crippen molar-refractivity contribution in [2.45, 2.75) is 12.3 Å². The van der Waals surface area contributed by atoms with Gasteiger partial charge in [0.05, 0.1) is 6.42 Å². The van der Waals surface area contributed by atoms with E-state index in [1.807, 2.05) is 6.07 Å². The van der Waals surface area contributed by atoms with Gasteiger partial charge in [-0.25, -0.2) is 9.97 Å². The molecule has 2 heterocycles. The van der Waals surface area contributed by atoms with E-state index < -0.39 is 11.9 Å². The van der Waals surface area contributed by atoms with Crippen LogP contribution in [0.1, 0.15) is 22.9 Å². The summed E-state index contributed by atoms with van der Waals surface area (Å²) in [6.07, 6.45) is 1.56. The molecule has 5 nitrogen and oxygen atoms in total. The molecule has 0 aliphatic carbocycles. The first-order valence-corrected chi connectivity index (χ1v) is 8.06. The van der Waals surface area contributed by atoms with Gasteiger partial charge in [0.1, 0.15) is 10.8 Å². The third kappa shape index (κ3) is 3.41. The van der Waals surface area contributed by atoms with Crippen LogP contribution in [0, 0.1) is 5.95 Å². The van der Waals surface area contributed by atoms with Crippen LogP contribution < -0.4 is 5.73 Å². The van der Waals surface area contributed by atoms with Crippen LogP contribution in [0.2, 0.25) is 0 Å². The number of halogens is 1. The number of carboxylic acids is 1. The highest BCUT2D eigenvalue weighted by Gasteiger charge is 2.21. The van der Waals surface area contributed by atoms with E-state index >= 15 is 0 Å². The van der Waals surface area contributed by atoms with Gasteiger partial charge in [0.15, 0.2) is 0 Å². The number of nitrogens with zero attached hydrogens (tertiary/aromatic N) is 2. The minimum Gasteiger partial charge on any atom is -0.481 e. The number of nitrogen functional groups attached to an aromatic ring is 1. The molecule has 0 saturated carbocycles. The van der Waals surface area contributed by atoms with Crippen LogP contribution in [0.5, 0.6) is 0 Å². The number of carbonyl (C=O) groups is 1. The van der Waals surface area contributed by atoms with Crippen LogP contribution in [-0.2, 0) is 4.79 Å². The summed E-state index contributed by atoms with van der Waals surface area (Å²) in [5, 5.41) is 11.7. The van der Waals surface area contributed by atoms with Gasteiger partial charge >= 0.3 is 5.97 Å². The average molecular weight is 343 g/mol. The molecule has 0 saturated heterocycles. The minimum absolute atomic E-state index is 0.0839. The maximum Gasteiger partial charge on any atom is 0.304 e. The van der Waals surface area contributed by atoms with Gasteiger partial charge in [0.25, 0.3) is 0 Å². The molecule has 122 valence electrons. The lowest BCUT2D eigenvalue weighted by molar-refractivity contribution is -0.137. The van der Waals surface area contributed by atoms with Gasteiger partial charge in [-0.1, -0.05) is 24.3 Å². The molecule has 1 aromatic carbocycles. The summed E-state index contributed by atoms with van der Waals surface area (Å²) in [6.45, 7) is 0. The summed E-state index contributed by atoms with van der Waals surface area (Å²) in [5.74, 6) is -1.84. The van der Waals surface area contributed by atoms with Crippen LogP contribution in [0.4, 0.5) is 10.2 Å². The van der Waals surface area contributed by atoms with E-state index in [2.05, 4.69) is 9.97 Å². The molecule has 1 atom stereocenters. The maximum atomic E-state index is 14.1. The zero-order chi connectivity index (χ0) is 17.1. The molecule has 3 N–H and O–H groups in total. The molecule has 0 aliphatic rings. The molecular weight excluding hydrogens is 329 g/mol. The smallest absolute Gasteiger partial charge is 0.304 e. The third-order valence-corrected chi connectivity index (χ3v) is 4.49. The number of hydrogen-bond acceptors (Lipinski definition) is 5. The number of aromatic nitrogens is 2. The zero-order valence-corrected chi connectivity index (χ0v) is 13.3. The number of carboxylic acid groups (broad SMARTS) is 1. The Morgan fingerprint density at radius 3 is 2.83 bits per heavy atom. The predicted molar refractivity (Wildman–Crippen MR) is 90.3 cm³/mol. The number of anilines is 1. The minimum atomic E-state index is -0.916. The zero-order valence-electron chi connectivity index (χ0n) is 12.5.